The van der Waals surface area contributed by atoms with Gasteiger partial charge in [0.15, 0.2) is 0 Å². The van der Waals surface area contributed by atoms with Crippen LogP contribution >= 0.6 is 24.2 Å². The summed E-state index contributed by atoms with van der Waals surface area (Å²) in [5.41, 5.74) is -1.01. The Morgan fingerprint density at radius 2 is 1.92 bits per heavy atom. The number of hydrogen-bond acceptors (Lipinski definition) is 2. The van der Waals surface area contributed by atoms with E-state index in [1.807, 2.05) is 0 Å². The highest BCUT2D eigenvalue weighted by molar-refractivity contribution is 7.80. The van der Waals surface area contributed by atoms with Gasteiger partial charge in [-0.15, -0.1) is 12.6 Å². The van der Waals surface area contributed by atoms with Crippen LogP contribution in [0.2, 0.25) is 5.15 Å². The molecule has 12 heavy (non-hydrogen) atoms. The van der Waals surface area contributed by atoms with Crippen molar-refractivity contribution >= 4 is 24.2 Å². The van der Waals surface area contributed by atoms with Gasteiger partial charge in [-0.05, 0) is 12.1 Å². The van der Waals surface area contributed by atoms with E-state index < -0.39 is 11.9 Å². The van der Waals surface area contributed by atoms with E-state index in [9.17, 15) is 13.2 Å². The Balaban J connectivity index is 3.14. The minimum absolute atomic E-state index is 0.227. The maximum Gasteiger partial charge on any atom is 0.433 e. The van der Waals surface area contributed by atoms with Gasteiger partial charge in [-0.25, -0.2) is 4.98 Å². The summed E-state index contributed by atoms with van der Waals surface area (Å²) in [4.78, 5) is 3.33. The Labute approximate surface area is 77.0 Å². The van der Waals surface area contributed by atoms with E-state index in [4.69, 9.17) is 11.6 Å². The van der Waals surface area contributed by atoms with Crippen molar-refractivity contribution in [2.75, 3.05) is 0 Å². The smallest absolute Gasteiger partial charge is 0.230 e. The molecule has 0 bridgehead atoms. The highest BCUT2D eigenvalue weighted by Gasteiger charge is 2.32. The van der Waals surface area contributed by atoms with Crippen LogP contribution in [-0.4, -0.2) is 4.98 Å². The lowest BCUT2D eigenvalue weighted by Gasteiger charge is -2.05. The fraction of sp³-hybridized carbons (Fsp3) is 0.167. The van der Waals surface area contributed by atoms with Crippen molar-refractivity contribution in [3.8, 4) is 0 Å². The van der Waals surface area contributed by atoms with Crippen LogP contribution in [0.4, 0.5) is 13.2 Å². The fourth-order valence-electron chi connectivity index (χ4n) is 0.585. The lowest BCUT2D eigenvalue weighted by atomic mass is 10.3. The Hall–Kier alpha value is -0.420. The van der Waals surface area contributed by atoms with E-state index in [2.05, 4.69) is 17.6 Å². The molecule has 0 saturated heterocycles. The zero-order valence-corrected chi connectivity index (χ0v) is 7.21. The van der Waals surface area contributed by atoms with Crippen LogP contribution in [0.25, 0.3) is 0 Å². The zero-order chi connectivity index (χ0) is 9.35. The zero-order valence-electron chi connectivity index (χ0n) is 5.56. The summed E-state index contributed by atoms with van der Waals surface area (Å²) in [5.74, 6) is 0. The molecule has 1 aromatic rings. The van der Waals surface area contributed by atoms with E-state index in [1.165, 1.54) is 0 Å². The van der Waals surface area contributed by atoms with Gasteiger partial charge in [-0.1, -0.05) is 11.6 Å². The molecule has 0 spiro atoms. The third kappa shape index (κ3) is 2.04. The van der Waals surface area contributed by atoms with Crippen LogP contribution in [0.5, 0.6) is 0 Å². The fourth-order valence-corrected chi connectivity index (χ4v) is 0.863. The molecule has 0 fully saturated rings. The molecule has 0 amide bonds. The largest absolute Gasteiger partial charge is 0.433 e. The summed E-state index contributed by atoms with van der Waals surface area (Å²) in [6.07, 6.45) is -4.45. The lowest BCUT2D eigenvalue weighted by Crippen LogP contribution is -2.07. The van der Waals surface area contributed by atoms with Gasteiger partial charge in [0.05, 0.1) is 0 Å². The Bertz CT molecular complexity index is 299. The van der Waals surface area contributed by atoms with Crippen LogP contribution in [-0.2, 0) is 6.18 Å². The summed E-state index contributed by atoms with van der Waals surface area (Å²) in [6, 6.07) is 1.98. The lowest BCUT2D eigenvalue weighted by molar-refractivity contribution is -0.141. The molecule has 1 nitrogen and oxygen atoms in total. The van der Waals surface area contributed by atoms with Crippen LogP contribution in [0, 0.1) is 0 Å². The molecule has 1 rings (SSSR count). The van der Waals surface area contributed by atoms with E-state index in [1.54, 1.807) is 0 Å². The van der Waals surface area contributed by atoms with Gasteiger partial charge in [0.25, 0.3) is 0 Å². The highest BCUT2D eigenvalue weighted by Crippen LogP contribution is 2.29. The Morgan fingerprint density at radius 1 is 1.33 bits per heavy atom. The number of hydrogen-bond donors (Lipinski definition) is 1. The second-order valence-electron chi connectivity index (χ2n) is 2.00. The molecule has 0 unspecified atom stereocenters. The van der Waals surface area contributed by atoms with Crippen LogP contribution in [0.3, 0.4) is 0 Å². The number of rotatable bonds is 0. The normalized spacial score (nSPS) is 11.8. The molecule has 0 atom stereocenters. The molecule has 6 heteroatoms. The summed E-state index contributed by atoms with van der Waals surface area (Å²) >= 11 is 9.11. The predicted octanol–water partition coefficient (Wildman–Crippen LogP) is 3.04. The number of alkyl halides is 3. The van der Waals surface area contributed by atoms with Crippen molar-refractivity contribution in [2.45, 2.75) is 11.1 Å². The summed E-state index contributed by atoms with van der Waals surface area (Å²) in [7, 11) is 0. The first-order valence-corrected chi connectivity index (χ1v) is 3.66. The molecular formula is C6H3ClF3NS. The first kappa shape index (κ1) is 9.67. The van der Waals surface area contributed by atoms with Gasteiger partial charge >= 0.3 is 6.18 Å². The number of pyridine rings is 1. The second kappa shape index (κ2) is 3.14. The van der Waals surface area contributed by atoms with E-state index in [0.29, 0.717) is 0 Å². The molecule has 0 aliphatic rings. The molecule has 0 N–H and O–H groups in total. The van der Waals surface area contributed by atoms with Crippen molar-refractivity contribution in [2.24, 2.45) is 0 Å². The first-order chi connectivity index (χ1) is 5.41. The van der Waals surface area contributed by atoms with Crippen molar-refractivity contribution in [3.63, 3.8) is 0 Å². The molecule has 0 saturated carbocycles. The SMILES string of the molecule is FC(F)(F)c1ccc(S)c(Cl)n1. The quantitative estimate of drug-likeness (QED) is 0.516. The molecule has 0 radical (unpaired) electrons. The molecule has 1 heterocycles. The van der Waals surface area contributed by atoms with Crippen LogP contribution < -0.4 is 0 Å². The second-order valence-corrected chi connectivity index (χ2v) is 2.84. The maximum atomic E-state index is 12.0. The summed E-state index contributed by atoms with van der Waals surface area (Å²) in [5, 5.41) is -0.242. The molecule has 66 valence electrons. The molecule has 1 aromatic heterocycles. The van der Waals surface area contributed by atoms with Gasteiger partial charge in [-0.2, -0.15) is 13.2 Å². The summed E-state index contributed by atoms with van der Waals surface area (Å²) < 4.78 is 35.9. The minimum atomic E-state index is -4.45. The average molecular weight is 214 g/mol. The highest BCUT2D eigenvalue weighted by atomic mass is 35.5. The van der Waals surface area contributed by atoms with E-state index >= 15 is 0 Å². The number of thiol groups is 1. The van der Waals surface area contributed by atoms with Gasteiger partial charge in [0.1, 0.15) is 10.8 Å². The number of aromatic nitrogens is 1. The van der Waals surface area contributed by atoms with Crippen LogP contribution in [0.1, 0.15) is 5.69 Å². The number of nitrogens with zero attached hydrogens (tertiary/aromatic N) is 1. The summed E-state index contributed by atoms with van der Waals surface area (Å²) in [6.45, 7) is 0. The third-order valence-corrected chi connectivity index (χ3v) is 1.90. The topological polar surface area (TPSA) is 12.9 Å². The Morgan fingerprint density at radius 3 is 2.33 bits per heavy atom. The maximum absolute atomic E-state index is 12.0. The Kier molecular flexibility index (Phi) is 2.53. The first-order valence-electron chi connectivity index (χ1n) is 2.84. The average Bonchev–Trinajstić information content (AvgIpc) is 1.92. The van der Waals surface area contributed by atoms with E-state index in [-0.39, 0.29) is 10.0 Å². The van der Waals surface area contributed by atoms with E-state index in [0.717, 1.165) is 12.1 Å². The standard InChI is InChI=1S/C6H3ClF3NS/c7-5-3(12)1-2-4(11-5)6(8,9)10/h1-2,12H. The molecule has 0 aromatic carbocycles. The van der Waals surface area contributed by atoms with Gasteiger partial charge in [0, 0.05) is 4.90 Å². The predicted molar refractivity (Wildman–Crippen MR) is 41.5 cm³/mol. The van der Waals surface area contributed by atoms with Crippen molar-refractivity contribution in [3.05, 3.63) is 23.0 Å². The monoisotopic (exact) mass is 213 g/mol. The van der Waals surface area contributed by atoms with Gasteiger partial charge < -0.3 is 0 Å². The van der Waals surface area contributed by atoms with Crippen LogP contribution in [0.15, 0.2) is 17.0 Å². The van der Waals surface area contributed by atoms with Crippen molar-refractivity contribution < 1.29 is 13.2 Å². The minimum Gasteiger partial charge on any atom is -0.230 e. The molecular weight excluding hydrogens is 211 g/mol. The van der Waals surface area contributed by atoms with Crippen molar-refractivity contribution in [1.29, 1.82) is 0 Å². The molecule has 0 aliphatic carbocycles. The van der Waals surface area contributed by atoms with Gasteiger partial charge in [0.2, 0.25) is 0 Å². The van der Waals surface area contributed by atoms with Crippen molar-refractivity contribution in [1.82, 2.24) is 4.98 Å². The van der Waals surface area contributed by atoms with Gasteiger partial charge in [-0.3, -0.25) is 0 Å². The third-order valence-electron chi connectivity index (χ3n) is 1.12. The number of halogens is 4. The molecule has 0 aliphatic heterocycles.